The van der Waals surface area contributed by atoms with Gasteiger partial charge < -0.3 is 0 Å². The first-order valence-corrected chi connectivity index (χ1v) is 14.7. The fourth-order valence-corrected chi connectivity index (χ4v) is 9.45. The maximum atomic E-state index is 14.9. The van der Waals surface area contributed by atoms with Gasteiger partial charge in [0, 0.05) is 17.0 Å². The van der Waals surface area contributed by atoms with E-state index in [1.54, 1.807) is 0 Å². The second-order valence-corrected chi connectivity index (χ2v) is 14.2. The molecule has 2 aliphatic rings. The number of carbonyl (C=O) groups excluding carboxylic acids is 1. The molecule has 0 N–H and O–H groups in total. The van der Waals surface area contributed by atoms with Gasteiger partial charge in [-0.2, -0.15) is 0 Å². The standard InChI is InChI=1S/C24H25ClF2O5S2/c25-17-3-6-19(7-4-17)34(31,32)24(20-15-18(26)5-8-21(20)27)11-9-16(10-12-24)14-22(28)23-2-1-13-33(23,29)30/h3-8,15-16,23H,1-2,9-14H2. The highest BCUT2D eigenvalue weighted by molar-refractivity contribution is 7.93. The minimum Gasteiger partial charge on any atom is -0.298 e. The van der Waals surface area contributed by atoms with Crippen LogP contribution in [0, 0.1) is 17.6 Å². The molecule has 1 saturated heterocycles. The summed E-state index contributed by atoms with van der Waals surface area (Å²) in [5, 5.41) is -0.647. The number of benzene rings is 2. The fourth-order valence-electron chi connectivity index (χ4n) is 5.29. The third-order valence-electron chi connectivity index (χ3n) is 7.15. The van der Waals surface area contributed by atoms with E-state index in [2.05, 4.69) is 0 Å². The van der Waals surface area contributed by atoms with Gasteiger partial charge in [0.05, 0.1) is 10.6 Å². The zero-order valence-electron chi connectivity index (χ0n) is 18.3. The summed E-state index contributed by atoms with van der Waals surface area (Å²) in [6.45, 7) is 0. The maximum absolute atomic E-state index is 14.9. The Hall–Kier alpha value is -1.84. The van der Waals surface area contributed by atoms with Crippen molar-refractivity contribution in [3.8, 4) is 0 Å². The summed E-state index contributed by atoms with van der Waals surface area (Å²) in [6.07, 6.45) is 1.30. The molecule has 1 heterocycles. The number of sulfone groups is 2. The third-order valence-corrected chi connectivity index (χ3v) is 12.2. The average molecular weight is 531 g/mol. The molecule has 2 aromatic carbocycles. The Morgan fingerprint density at radius 2 is 1.68 bits per heavy atom. The first kappa shape index (κ1) is 25.3. The van der Waals surface area contributed by atoms with E-state index < -0.39 is 41.3 Å². The van der Waals surface area contributed by atoms with Crippen LogP contribution >= 0.6 is 11.6 Å². The lowest BCUT2D eigenvalue weighted by Crippen LogP contribution is -2.41. The quantitative estimate of drug-likeness (QED) is 0.524. The van der Waals surface area contributed by atoms with Crippen molar-refractivity contribution in [1.29, 1.82) is 0 Å². The van der Waals surface area contributed by atoms with Gasteiger partial charge in [0.15, 0.2) is 25.5 Å². The predicted octanol–water partition coefficient (Wildman–Crippen LogP) is 5.01. The summed E-state index contributed by atoms with van der Waals surface area (Å²) in [7, 11) is -7.59. The van der Waals surface area contributed by atoms with Crippen molar-refractivity contribution >= 4 is 37.1 Å². The Balaban J connectivity index is 1.66. The van der Waals surface area contributed by atoms with E-state index in [9.17, 15) is 30.4 Å². The van der Waals surface area contributed by atoms with E-state index in [-0.39, 0.29) is 60.0 Å². The highest BCUT2D eigenvalue weighted by Gasteiger charge is 2.50. The van der Waals surface area contributed by atoms with Crippen molar-refractivity contribution in [3.05, 3.63) is 64.7 Å². The number of Topliss-reactive ketones (excluding diaryl/α,β-unsaturated/α-hetero) is 1. The molecule has 184 valence electrons. The molecule has 0 spiro atoms. The van der Waals surface area contributed by atoms with Crippen LogP contribution in [0.15, 0.2) is 47.4 Å². The van der Waals surface area contributed by atoms with Crippen LogP contribution in [-0.2, 0) is 29.2 Å². The van der Waals surface area contributed by atoms with Gasteiger partial charge in [-0.25, -0.2) is 25.6 Å². The number of halogens is 3. The maximum Gasteiger partial charge on any atom is 0.188 e. The summed E-state index contributed by atoms with van der Waals surface area (Å²) in [5.74, 6) is -2.12. The zero-order chi connectivity index (χ0) is 24.7. The van der Waals surface area contributed by atoms with Crippen LogP contribution in [0.4, 0.5) is 8.78 Å². The van der Waals surface area contributed by atoms with Crippen molar-refractivity contribution in [1.82, 2.24) is 0 Å². The van der Waals surface area contributed by atoms with Crippen molar-refractivity contribution in [2.45, 2.75) is 59.8 Å². The predicted molar refractivity (Wildman–Crippen MR) is 125 cm³/mol. The SMILES string of the molecule is O=C(CC1CCC(c2cc(F)ccc2F)(S(=O)(=O)c2ccc(Cl)cc2)CC1)C1CCCS1(=O)=O. The number of hydrogen-bond donors (Lipinski definition) is 0. The van der Waals surface area contributed by atoms with E-state index in [1.807, 2.05) is 0 Å². The van der Waals surface area contributed by atoms with Crippen LogP contribution in [0.1, 0.15) is 50.5 Å². The van der Waals surface area contributed by atoms with Gasteiger partial charge in [0.2, 0.25) is 0 Å². The minimum atomic E-state index is -4.16. The number of carbonyl (C=O) groups is 1. The smallest absolute Gasteiger partial charge is 0.188 e. The van der Waals surface area contributed by atoms with Gasteiger partial charge in [-0.15, -0.1) is 0 Å². The fraction of sp³-hybridized carbons (Fsp3) is 0.458. The first-order chi connectivity index (χ1) is 16.0. The van der Waals surface area contributed by atoms with Gasteiger partial charge in [-0.1, -0.05) is 11.6 Å². The number of ketones is 1. The van der Waals surface area contributed by atoms with Crippen molar-refractivity contribution in [2.24, 2.45) is 5.92 Å². The Morgan fingerprint density at radius 1 is 1.03 bits per heavy atom. The normalized spacial score (nSPS) is 26.9. The molecule has 2 aromatic rings. The van der Waals surface area contributed by atoms with E-state index in [4.69, 9.17) is 11.6 Å². The molecule has 4 rings (SSSR count). The molecular weight excluding hydrogens is 506 g/mol. The van der Waals surface area contributed by atoms with Crippen LogP contribution in [0.5, 0.6) is 0 Å². The summed E-state index contributed by atoms with van der Waals surface area (Å²) in [5.41, 5.74) is -0.231. The second-order valence-electron chi connectivity index (χ2n) is 9.19. The molecular formula is C24H25ClF2O5S2. The van der Waals surface area contributed by atoms with E-state index in [0.717, 1.165) is 18.2 Å². The Morgan fingerprint density at radius 3 is 2.26 bits per heavy atom. The summed E-state index contributed by atoms with van der Waals surface area (Å²) in [4.78, 5) is 12.6. The van der Waals surface area contributed by atoms with E-state index >= 15 is 0 Å². The van der Waals surface area contributed by atoms with Gasteiger partial charge in [-0.3, -0.25) is 4.79 Å². The minimum absolute atomic E-state index is 0.00929. The van der Waals surface area contributed by atoms with Crippen LogP contribution in [0.3, 0.4) is 0 Å². The molecule has 5 nitrogen and oxygen atoms in total. The van der Waals surface area contributed by atoms with Crippen LogP contribution in [-0.4, -0.2) is 33.6 Å². The van der Waals surface area contributed by atoms with Gasteiger partial charge in [-0.05, 0) is 86.9 Å². The highest BCUT2D eigenvalue weighted by Crippen LogP contribution is 2.50. The van der Waals surface area contributed by atoms with E-state index in [1.165, 1.54) is 24.3 Å². The van der Waals surface area contributed by atoms with Gasteiger partial charge in [0.25, 0.3) is 0 Å². The Bertz CT molecular complexity index is 1300. The first-order valence-electron chi connectivity index (χ1n) is 11.2. The monoisotopic (exact) mass is 530 g/mol. The number of rotatable bonds is 6. The summed E-state index contributed by atoms with van der Waals surface area (Å²) < 4.78 is 79.3. The molecule has 1 atom stereocenters. The lowest BCUT2D eigenvalue weighted by atomic mass is 9.76. The molecule has 0 amide bonds. The van der Waals surface area contributed by atoms with Gasteiger partial charge >= 0.3 is 0 Å². The summed E-state index contributed by atoms with van der Waals surface area (Å²) in [6, 6.07) is 8.33. The summed E-state index contributed by atoms with van der Waals surface area (Å²) >= 11 is 5.91. The molecule has 1 aliphatic heterocycles. The molecule has 0 radical (unpaired) electrons. The molecule has 2 fully saturated rings. The van der Waals surface area contributed by atoms with Crippen molar-refractivity contribution < 1.29 is 30.4 Å². The average Bonchev–Trinajstić information content (AvgIpc) is 3.15. The Labute approximate surface area is 203 Å². The Kier molecular flexibility index (Phi) is 6.92. The molecule has 0 aromatic heterocycles. The van der Waals surface area contributed by atoms with E-state index in [0.29, 0.717) is 17.9 Å². The van der Waals surface area contributed by atoms with Crippen molar-refractivity contribution in [3.63, 3.8) is 0 Å². The van der Waals surface area contributed by atoms with Crippen LogP contribution in [0.2, 0.25) is 5.02 Å². The lowest BCUT2D eigenvalue weighted by Gasteiger charge is -2.40. The van der Waals surface area contributed by atoms with Crippen LogP contribution < -0.4 is 0 Å². The second kappa shape index (κ2) is 9.32. The molecule has 10 heteroatoms. The molecule has 1 unspecified atom stereocenters. The molecule has 1 aliphatic carbocycles. The van der Waals surface area contributed by atoms with Gasteiger partial charge in [0.1, 0.15) is 21.6 Å². The number of hydrogen-bond acceptors (Lipinski definition) is 5. The zero-order valence-corrected chi connectivity index (χ0v) is 20.7. The molecule has 34 heavy (non-hydrogen) atoms. The lowest BCUT2D eigenvalue weighted by molar-refractivity contribution is -0.119. The highest BCUT2D eigenvalue weighted by atomic mass is 35.5. The third kappa shape index (κ3) is 4.54. The van der Waals surface area contributed by atoms with Crippen molar-refractivity contribution in [2.75, 3.05) is 5.75 Å². The molecule has 0 bridgehead atoms. The largest absolute Gasteiger partial charge is 0.298 e. The van der Waals surface area contributed by atoms with Crippen LogP contribution in [0.25, 0.3) is 0 Å². The molecule has 1 saturated carbocycles. The topological polar surface area (TPSA) is 85.3 Å².